The molecule has 3 rings (SSSR count). The van der Waals surface area contributed by atoms with Crippen molar-refractivity contribution in [3.63, 3.8) is 0 Å². The maximum Gasteiger partial charge on any atom is 0.416 e. The fourth-order valence-electron chi connectivity index (χ4n) is 3.09. The number of carbonyl (C=O) groups is 2. The van der Waals surface area contributed by atoms with Gasteiger partial charge in [-0.1, -0.05) is 0 Å². The number of primary amides is 2. The minimum absolute atomic E-state index is 0.0105. The second kappa shape index (κ2) is 10.5. The van der Waals surface area contributed by atoms with Gasteiger partial charge in [0, 0.05) is 12.1 Å². The van der Waals surface area contributed by atoms with E-state index in [1.54, 1.807) is 24.3 Å². The number of benzene rings is 2. The van der Waals surface area contributed by atoms with Gasteiger partial charge in [0.1, 0.15) is 23.2 Å². The van der Waals surface area contributed by atoms with Crippen LogP contribution in [0.25, 0.3) is 11.4 Å². The summed E-state index contributed by atoms with van der Waals surface area (Å²) in [4.78, 5) is 31.7. The summed E-state index contributed by atoms with van der Waals surface area (Å²) in [6.07, 6.45) is -5.49. The number of nitrogens with two attached hydrogens (primary N) is 2. The van der Waals surface area contributed by atoms with Gasteiger partial charge in [-0.2, -0.15) is 13.2 Å². The molecule has 1 aromatic heterocycles. The molecule has 6 N–H and O–H groups in total. The average Bonchev–Trinajstić information content (AvgIpc) is 2.79. The summed E-state index contributed by atoms with van der Waals surface area (Å²) in [6.45, 7) is 1.39. The highest BCUT2D eigenvalue weighted by Crippen LogP contribution is 2.31. The van der Waals surface area contributed by atoms with Crippen LogP contribution in [0, 0.1) is 0 Å². The quantitative estimate of drug-likeness (QED) is 0.360. The van der Waals surface area contributed by atoms with Crippen molar-refractivity contribution in [3.8, 4) is 22.9 Å². The number of aliphatic hydroxyl groups excluding tert-OH is 1. The van der Waals surface area contributed by atoms with E-state index < -0.39 is 35.7 Å². The number of carbonyl (C=O) groups excluding carboxylic acids is 2. The van der Waals surface area contributed by atoms with E-state index in [9.17, 15) is 27.9 Å². The zero-order chi connectivity index (χ0) is 25.8. The highest BCUT2D eigenvalue weighted by atomic mass is 19.4. The molecule has 3 aromatic rings. The van der Waals surface area contributed by atoms with Gasteiger partial charge in [-0.05, 0) is 61.5 Å². The molecule has 2 aromatic carbocycles. The lowest BCUT2D eigenvalue weighted by molar-refractivity contribution is -0.137. The first kappa shape index (κ1) is 25.6. The van der Waals surface area contributed by atoms with Gasteiger partial charge >= 0.3 is 6.18 Å². The predicted octanol–water partition coefficient (Wildman–Crippen LogP) is 2.38. The molecule has 0 saturated carbocycles. The van der Waals surface area contributed by atoms with E-state index in [0.29, 0.717) is 17.0 Å². The van der Waals surface area contributed by atoms with Crippen molar-refractivity contribution < 1.29 is 32.6 Å². The van der Waals surface area contributed by atoms with Crippen LogP contribution in [0.4, 0.5) is 13.2 Å². The van der Waals surface area contributed by atoms with Gasteiger partial charge in [0.2, 0.25) is 5.91 Å². The highest BCUT2D eigenvalue weighted by molar-refractivity contribution is 5.91. The first-order valence-electron chi connectivity index (χ1n) is 10.3. The van der Waals surface area contributed by atoms with Gasteiger partial charge in [0.25, 0.3) is 5.91 Å². The molecule has 0 fully saturated rings. The lowest BCUT2D eigenvalue weighted by Gasteiger charge is -2.18. The average molecular weight is 489 g/mol. The Kier molecular flexibility index (Phi) is 7.67. The van der Waals surface area contributed by atoms with Crippen LogP contribution in [0.1, 0.15) is 28.7 Å². The second-order valence-electron chi connectivity index (χ2n) is 7.58. The second-order valence-corrected chi connectivity index (χ2v) is 7.58. The Labute approximate surface area is 197 Å². The Morgan fingerprint density at radius 3 is 2.09 bits per heavy atom. The number of amides is 2. The molecule has 2 amide bonds. The molecule has 0 spiro atoms. The van der Waals surface area contributed by atoms with Crippen molar-refractivity contribution in [1.82, 2.24) is 15.3 Å². The Balaban J connectivity index is 1.79. The summed E-state index contributed by atoms with van der Waals surface area (Å²) >= 11 is 0. The van der Waals surface area contributed by atoms with Crippen LogP contribution in [-0.4, -0.2) is 39.0 Å². The van der Waals surface area contributed by atoms with E-state index >= 15 is 0 Å². The maximum atomic E-state index is 12.7. The van der Waals surface area contributed by atoms with Crippen molar-refractivity contribution in [3.05, 3.63) is 71.5 Å². The lowest BCUT2D eigenvalue weighted by atomic mass is 10.1. The molecular formula is C23H22F3N5O4. The van der Waals surface area contributed by atoms with Crippen LogP contribution < -0.4 is 21.5 Å². The number of hydrogen-bond acceptors (Lipinski definition) is 7. The van der Waals surface area contributed by atoms with Crippen molar-refractivity contribution >= 4 is 11.8 Å². The van der Waals surface area contributed by atoms with Gasteiger partial charge in [-0.15, -0.1) is 0 Å². The molecule has 0 aliphatic rings. The largest absolute Gasteiger partial charge is 0.457 e. The number of aliphatic hydroxyl groups is 1. The Morgan fingerprint density at radius 2 is 1.60 bits per heavy atom. The summed E-state index contributed by atoms with van der Waals surface area (Å²) in [5, 5.41) is 12.5. The Hall–Kier alpha value is -4.03. The van der Waals surface area contributed by atoms with Gasteiger partial charge in [0.15, 0.2) is 5.82 Å². The van der Waals surface area contributed by atoms with Crippen LogP contribution in [0.2, 0.25) is 0 Å². The molecule has 0 aliphatic heterocycles. The van der Waals surface area contributed by atoms with E-state index in [4.69, 9.17) is 16.2 Å². The fraction of sp³-hybridized carbons (Fsp3) is 0.217. The number of rotatable bonds is 9. The van der Waals surface area contributed by atoms with Crippen molar-refractivity contribution in [2.75, 3.05) is 0 Å². The monoisotopic (exact) mass is 489 g/mol. The molecule has 0 unspecified atom stereocenters. The molecule has 0 saturated heterocycles. The zero-order valence-corrected chi connectivity index (χ0v) is 18.4. The molecular weight excluding hydrogens is 467 g/mol. The molecule has 0 aliphatic carbocycles. The number of hydrogen-bond donors (Lipinski definition) is 4. The Bertz CT molecular complexity index is 1200. The minimum Gasteiger partial charge on any atom is -0.457 e. The third-order valence-electron chi connectivity index (χ3n) is 4.85. The third-order valence-corrected chi connectivity index (χ3v) is 4.85. The smallest absolute Gasteiger partial charge is 0.416 e. The molecule has 1 heterocycles. The van der Waals surface area contributed by atoms with Gasteiger partial charge < -0.3 is 21.3 Å². The summed E-state index contributed by atoms with van der Waals surface area (Å²) < 4.78 is 43.7. The molecule has 2 atom stereocenters. The van der Waals surface area contributed by atoms with Crippen LogP contribution in [0.3, 0.4) is 0 Å². The van der Waals surface area contributed by atoms with Gasteiger partial charge in [0.05, 0.1) is 17.4 Å². The fourth-order valence-corrected chi connectivity index (χ4v) is 3.09. The summed E-state index contributed by atoms with van der Waals surface area (Å²) in [6, 6.07) is 10.9. The third kappa shape index (κ3) is 6.74. The first-order valence-corrected chi connectivity index (χ1v) is 10.3. The number of nitrogens with zero attached hydrogens (tertiary/aromatic N) is 2. The summed E-state index contributed by atoms with van der Waals surface area (Å²) in [7, 11) is 0. The highest BCUT2D eigenvalue weighted by Gasteiger charge is 2.30. The number of alkyl halides is 3. The van der Waals surface area contributed by atoms with E-state index in [1.807, 2.05) is 0 Å². The van der Waals surface area contributed by atoms with E-state index in [0.717, 1.165) is 12.1 Å². The van der Waals surface area contributed by atoms with Crippen LogP contribution in [0.5, 0.6) is 11.5 Å². The number of nitrogens with one attached hydrogen (secondary N) is 1. The molecule has 9 nitrogen and oxygen atoms in total. The van der Waals surface area contributed by atoms with Crippen LogP contribution >= 0.6 is 0 Å². The van der Waals surface area contributed by atoms with Crippen LogP contribution in [0.15, 0.2) is 54.6 Å². The van der Waals surface area contributed by atoms with Gasteiger partial charge in [-0.25, -0.2) is 9.97 Å². The molecule has 35 heavy (non-hydrogen) atoms. The molecule has 0 radical (unpaired) electrons. The SMILES string of the molecule is C[C@@H](O)[C@H](NCc1cc(C(N)=O)nc(-c2ccc(Oc3ccc(C(F)(F)F)cc3)cc2)n1)C(N)=O. The molecule has 184 valence electrons. The number of aromatic nitrogens is 2. The molecule has 12 heteroatoms. The normalized spacial score (nSPS) is 13.2. The standard InChI is InChI=1S/C23H22F3N5O4/c1-12(32)19(21(28)34)29-11-15-10-18(20(27)33)31-22(30-15)13-2-6-16(7-3-13)35-17-8-4-14(5-9-17)23(24,25)26/h2-10,12,19,29,32H,11H2,1H3,(H2,27,33)(H2,28,34)/t12-,19+/m1/s1. The summed E-state index contributed by atoms with van der Waals surface area (Å²) in [5.41, 5.74) is 10.6. The molecule has 0 bridgehead atoms. The Morgan fingerprint density at radius 1 is 1.03 bits per heavy atom. The lowest BCUT2D eigenvalue weighted by Crippen LogP contribution is -2.48. The van der Waals surface area contributed by atoms with Crippen LogP contribution in [-0.2, 0) is 17.5 Å². The van der Waals surface area contributed by atoms with E-state index in [1.165, 1.54) is 25.1 Å². The topological polar surface area (TPSA) is 153 Å². The predicted molar refractivity (Wildman–Crippen MR) is 119 cm³/mol. The number of ether oxygens (including phenoxy) is 1. The van der Waals surface area contributed by atoms with Crippen molar-refractivity contribution in [2.24, 2.45) is 11.5 Å². The summed E-state index contributed by atoms with van der Waals surface area (Å²) in [5.74, 6) is -0.824. The zero-order valence-electron chi connectivity index (χ0n) is 18.4. The number of halogens is 3. The van der Waals surface area contributed by atoms with E-state index in [-0.39, 0.29) is 23.8 Å². The van der Waals surface area contributed by atoms with Gasteiger partial charge in [-0.3, -0.25) is 14.9 Å². The minimum atomic E-state index is -4.44. The first-order chi connectivity index (χ1) is 16.4. The van der Waals surface area contributed by atoms with E-state index in [2.05, 4.69) is 15.3 Å². The van der Waals surface area contributed by atoms with Crippen molar-refractivity contribution in [1.29, 1.82) is 0 Å². The maximum absolute atomic E-state index is 12.7. The van der Waals surface area contributed by atoms with Crippen molar-refractivity contribution in [2.45, 2.75) is 31.8 Å².